The van der Waals surface area contributed by atoms with E-state index >= 15 is 0 Å². The number of nitrogens with zero attached hydrogens (tertiary/aromatic N) is 2. The molecule has 2 aromatic carbocycles. The lowest BCUT2D eigenvalue weighted by atomic mass is 10.00. The SMILES string of the molecule is O=C(OCc1cccc(F)c1)C1CC(Sc2ncn[nH]2)C2C(C(=O)OCc3cccc(F)c3)C12. The number of ether oxygens (including phenoxy) is 2. The van der Waals surface area contributed by atoms with Gasteiger partial charge in [0.25, 0.3) is 0 Å². The van der Waals surface area contributed by atoms with E-state index in [4.69, 9.17) is 9.47 Å². The zero-order valence-electron chi connectivity index (χ0n) is 17.9. The first-order valence-electron chi connectivity index (χ1n) is 10.8. The molecule has 0 radical (unpaired) electrons. The van der Waals surface area contributed by atoms with Crippen LogP contribution in [0.4, 0.5) is 8.78 Å². The largest absolute Gasteiger partial charge is 0.461 e. The summed E-state index contributed by atoms with van der Waals surface area (Å²) in [5, 5.41) is 7.21. The van der Waals surface area contributed by atoms with Gasteiger partial charge < -0.3 is 9.47 Å². The summed E-state index contributed by atoms with van der Waals surface area (Å²) in [5.41, 5.74) is 1.11. The highest BCUT2D eigenvalue weighted by atomic mass is 32.2. The monoisotopic (exact) mass is 485 g/mol. The summed E-state index contributed by atoms with van der Waals surface area (Å²) in [5.74, 6) is -2.84. The van der Waals surface area contributed by atoms with E-state index in [1.165, 1.54) is 42.4 Å². The first-order valence-corrected chi connectivity index (χ1v) is 11.7. The summed E-state index contributed by atoms with van der Waals surface area (Å²) in [6, 6.07) is 11.7. The number of esters is 2. The van der Waals surface area contributed by atoms with Crippen molar-refractivity contribution in [3.63, 3.8) is 0 Å². The number of aromatic amines is 1. The average Bonchev–Trinajstić information content (AvgIpc) is 3.13. The number of halogens is 2. The fourth-order valence-corrected chi connectivity index (χ4v) is 6.09. The van der Waals surface area contributed by atoms with Crippen LogP contribution in [0.2, 0.25) is 0 Å². The molecule has 0 aliphatic heterocycles. The van der Waals surface area contributed by atoms with E-state index < -0.39 is 35.4 Å². The van der Waals surface area contributed by atoms with Crippen LogP contribution in [-0.2, 0) is 32.3 Å². The molecule has 2 fully saturated rings. The van der Waals surface area contributed by atoms with Gasteiger partial charge in [-0.25, -0.2) is 13.8 Å². The number of benzene rings is 2. The van der Waals surface area contributed by atoms with Crippen molar-refractivity contribution in [2.45, 2.75) is 30.0 Å². The van der Waals surface area contributed by atoms with Crippen LogP contribution in [0.1, 0.15) is 17.5 Å². The van der Waals surface area contributed by atoms with E-state index in [2.05, 4.69) is 15.2 Å². The van der Waals surface area contributed by atoms with Gasteiger partial charge >= 0.3 is 11.9 Å². The number of carbonyl (C=O) groups excluding carboxylic acids is 2. The van der Waals surface area contributed by atoms with Crippen LogP contribution < -0.4 is 0 Å². The van der Waals surface area contributed by atoms with Crippen molar-refractivity contribution >= 4 is 23.7 Å². The number of H-pyrrole nitrogens is 1. The molecule has 0 amide bonds. The number of rotatable bonds is 8. The number of fused-ring (bicyclic) bond motifs is 1. The summed E-state index contributed by atoms with van der Waals surface area (Å²) >= 11 is 1.44. The molecule has 5 rings (SSSR count). The second-order valence-electron chi connectivity index (χ2n) is 8.44. The van der Waals surface area contributed by atoms with Gasteiger partial charge in [0.1, 0.15) is 31.2 Å². The molecule has 2 saturated carbocycles. The van der Waals surface area contributed by atoms with Gasteiger partial charge in [-0.3, -0.25) is 14.7 Å². The maximum atomic E-state index is 13.4. The Morgan fingerprint density at radius 1 is 0.971 bits per heavy atom. The molecule has 1 aromatic heterocycles. The number of nitrogens with one attached hydrogen (secondary N) is 1. The van der Waals surface area contributed by atoms with Crippen LogP contribution in [0.25, 0.3) is 0 Å². The van der Waals surface area contributed by atoms with Crippen LogP contribution in [0.5, 0.6) is 0 Å². The summed E-state index contributed by atoms with van der Waals surface area (Å²) in [7, 11) is 0. The fraction of sp³-hybridized carbons (Fsp3) is 0.333. The molecule has 0 spiro atoms. The third-order valence-electron chi connectivity index (χ3n) is 6.28. The molecule has 2 aliphatic carbocycles. The Morgan fingerprint density at radius 2 is 1.62 bits per heavy atom. The number of aromatic nitrogens is 3. The molecule has 3 aromatic rings. The Morgan fingerprint density at radius 3 is 2.21 bits per heavy atom. The van der Waals surface area contributed by atoms with Crippen molar-refractivity contribution in [3.8, 4) is 0 Å². The molecule has 2 aliphatic rings. The van der Waals surface area contributed by atoms with Crippen LogP contribution in [0, 0.1) is 35.3 Å². The summed E-state index contributed by atoms with van der Waals surface area (Å²) in [6.45, 7) is -0.0831. The Balaban J connectivity index is 1.25. The minimum Gasteiger partial charge on any atom is -0.461 e. The molecule has 10 heteroatoms. The standard InChI is InChI=1S/C24H21F2N3O4S/c25-15-5-1-3-13(7-15)10-32-22(30)17-9-18(34-24-27-12-28-29-24)20-19(17)21(20)23(31)33-11-14-4-2-6-16(26)8-14/h1-8,12,17-21H,9-11H2,(H,27,28,29). The average molecular weight is 486 g/mol. The first-order chi connectivity index (χ1) is 16.5. The van der Waals surface area contributed by atoms with Crippen molar-refractivity contribution in [1.29, 1.82) is 0 Å². The van der Waals surface area contributed by atoms with Crippen molar-refractivity contribution < 1.29 is 27.8 Å². The van der Waals surface area contributed by atoms with Gasteiger partial charge in [-0.15, -0.1) is 0 Å². The third kappa shape index (κ3) is 4.82. The Hall–Kier alpha value is -3.27. The highest BCUT2D eigenvalue weighted by molar-refractivity contribution is 7.99. The Labute approximate surface area is 198 Å². The highest BCUT2D eigenvalue weighted by Gasteiger charge is 2.68. The lowest BCUT2D eigenvalue weighted by Crippen LogP contribution is -2.24. The van der Waals surface area contributed by atoms with Crippen LogP contribution >= 0.6 is 11.8 Å². The van der Waals surface area contributed by atoms with Crippen molar-refractivity contribution in [2.24, 2.45) is 23.7 Å². The van der Waals surface area contributed by atoms with Gasteiger partial charge in [0.15, 0.2) is 5.16 Å². The van der Waals surface area contributed by atoms with Gasteiger partial charge in [0.05, 0.1) is 11.8 Å². The minimum absolute atomic E-state index is 0.0405. The first kappa shape index (κ1) is 22.5. The molecule has 5 unspecified atom stereocenters. The zero-order valence-corrected chi connectivity index (χ0v) is 18.7. The van der Waals surface area contributed by atoms with Gasteiger partial charge in [-0.2, -0.15) is 5.10 Å². The normalized spacial score (nSPS) is 24.9. The molecule has 5 atom stereocenters. The van der Waals surface area contributed by atoms with Gasteiger partial charge in [0.2, 0.25) is 0 Å². The van der Waals surface area contributed by atoms with Crippen LogP contribution in [-0.4, -0.2) is 32.4 Å². The molecule has 7 nitrogen and oxygen atoms in total. The highest BCUT2D eigenvalue weighted by Crippen LogP contribution is 2.64. The van der Waals surface area contributed by atoms with Crippen LogP contribution in [0.15, 0.2) is 60.0 Å². The molecule has 34 heavy (non-hydrogen) atoms. The van der Waals surface area contributed by atoms with Crippen molar-refractivity contribution in [1.82, 2.24) is 15.2 Å². The van der Waals surface area contributed by atoms with Gasteiger partial charge in [-0.1, -0.05) is 36.0 Å². The Bertz CT molecular complexity index is 1190. The molecule has 0 bridgehead atoms. The summed E-state index contributed by atoms with van der Waals surface area (Å²) in [4.78, 5) is 29.9. The summed E-state index contributed by atoms with van der Waals surface area (Å²) < 4.78 is 37.8. The minimum atomic E-state index is -0.481. The third-order valence-corrected chi connectivity index (χ3v) is 7.51. The van der Waals surface area contributed by atoms with E-state index in [-0.39, 0.29) is 30.3 Å². The van der Waals surface area contributed by atoms with E-state index in [0.29, 0.717) is 22.7 Å². The second kappa shape index (κ2) is 9.54. The smallest absolute Gasteiger partial charge is 0.309 e. The number of carbonyl (C=O) groups is 2. The van der Waals surface area contributed by atoms with E-state index in [1.54, 1.807) is 24.3 Å². The van der Waals surface area contributed by atoms with Gasteiger partial charge in [0, 0.05) is 5.25 Å². The van der Waals surface area contributed by atoms with Crippen molar-refractivity contribution in [3.05, 3.63) is 77.6 Å². The molecule has 176 valence electrons. The maximum absolute atomic E-state index is 13.4. The zero-order chi connectivity index (χ0) is 23.7. The molecule has 1 heterocycles. The number of thioether (sulfide) groups is 1. The summed E-state index contributed by atoms with van der Waals surface area (Å²) in [6.07, 6.45) is 1.92. The van der Waals surface area contributed by atoms with E-state index in [0.717, 1.165) is 0 Å². The number of hydrogen-bond donors (Lipinski definition) is 1. The maximum Gasteiger partial charge on any atom is 0.309 e. The molecule has 1 N–H and O–H groups in total. The topological polar surface area (TPSA) is 94.2 Å². The Kier molecular flexibility index (Phi) is 6.32. The lowest BCUT2D eigenvalue weighted by molar-refractivity contribution is -0.152. The van der Waals surface area contributed by atoms with Gasteiger partial charge in [-0.05, 0) is 53.6 Å². The lowest BCUT2D eigenvalue weighted by Gasteiger charge is -2.17. The predicted molar refractivity (Wildman–Crippen MR) is 117 cm³/mol. The molecule has 0 saturated heterocycles. The van der Waals surface area contributed by atoms with E-state index in [1.807, 2.05) is 0 Å². The fourth-order valence-electron chi connectivity index (χ4n) is 4.78. The van der Waals surface area contributed by atoms with Crippen LogP contribution in [0.3, 0.4) is 0 Å². The van der Waals surface area contributed by atoms with E-state index in [9.17, 15) is 18.4 Å². The quantitative estimate of drug-likeness (QED) is 0.484. The van der Waals surface area contributed by atoms with Crippen molar-refractivity contribution in [2.75, 3.05) is 0 Å². The second-order valence-corrected chi connectivity index (χ2v) is 9.67. The molecular weight excluding hydrogens is 464 g/mol. The predicted octanol–water partition coefficient (Wildman–Crippen LogP) is 3.91. The number of hydrogen-bond acceptors (Lipinski definition) is 7. The molecular formula is C24H21F2N3O4S.